The summed E-state index contributed by atoms with van der Waals surface area (Å²) in [5, 5.41) is 12.2. The number of halogens is 6. The monoisotopic (exact) mass is 526 g/mol. The molecule has 3 rings (SSSR count). The molecule has 0 saturated heterocycles. The van der Waals surface area contributed by atoms with Crippen molar-refractivity contribution in [1.82, 2.24) is 10.3 Å². The van der Waals surface area contributed by atoms with E-state index >= 15 is 0 Å². The molecule has 1 aliphatic rings. The van der Waals surface area contributed by atoms with Crippen molar-refractivity contribution >= 4 is 27.3 Å². The van der Waals surface area contributed by atoms with Gasteiger partial charge in [-0.3, -0.25) is 4.79 Å². The summed E-state index contributed by atoms with van der Waals surface area (Å²) in [6, 6.07) is 4.98. The molecule has 186 valence electrons. The number of hydrogen-bond acceptors (Lipinski definition) is 5. The van der Waals surface area contributed by atoms with Crippen molar-refractivity contribution in [3.05, 3.63) is 58.0 Å². The molecule has 2 N–H and O–H groups in total. The van der Waals surface area contributed by atoms with Crippen LogP contribution in [0.1, 0.15) is 46.8 Å². The summed E-state index contributed by atoms with van der Waals surface area (Å²) in [4.78, 5) is 15.8. The molecule has 6 nitrogen and oxygen atoms in total. The number of nitrogens with one attached hydrogen (secondary N) is 1. The first-order valence-corrected chi connectivity index (χ1v) is 12.3. The number of nitrogens with zero attached hydrogens (tertiary/aromatic N) is 1. The molecule has 13 heteroatoms. The summed E-state index contributed by atoms with van der Waals surface area (Å²) in [5.74, 6) is -2.90. The highest BCUT2D eigenvalue weighted by Gasteiger charge is 2.44. The smallest absolute Gasteiger partial charge is 0.387 e. The number of benzene rings is 1. The molecule has 0 spiro atoms. The van der Waals surface area contributed by atoms with E-state index in [4.69, 9.17) is 11.6 Å². The minimum absolute atomic E-state index is 0.0633. The zero-order valence-electron chi connectivity index (χ0n) is 17.7. The van der Waals surface area contributed by atoms with Crippen molar-refractivity contribution in [3.8, 4) is 0 Å². The van der Waals surface area contributed by atoms with Gasteiger partial charge in [-0.05, 0) is 43.0 Å². The molecular weight excluding hydrogens is 507 g/mol. The van der Waals surface area contributed by atoms with Crippen molar-refractivity contribution in [1.29, 1.82) is 0 Å². The lowest BCUT2D eigenvalue weighted by Gasteiger charge is -2.42. The van der Waals surface area contributed by atoms with Crippen LogP contribution in [0.2, 0.25) is 5.02 Å². The molecule has 1 aromatic heterocycles. The molecule has 1 fully saturated rings. The van der Waals surface area contributed by atoms with Crippen LogP contribution in [-0.2, 0) is 16.0 Å². The normalized spacial score (nSPS) is 23.5. The van der Waals surface area contributed by atoms with E-state index < -0.39 is 68.3 Å². The van der Waals surface area contributed by atoms with Gasteiger partial charge in [0.25, 0.3) is 5.91 Å². The Kier molecular flexibility index (Phi) is 7.26. The quantitative estimate of drug-likeness (QED) is 0.573. The van der Waals surface area contributed by atoms with Gasteiger partial charge in [-0.2, -0.15) is 13.2 Å². The van der Waals surface area contributed by atoms with Crippen molar-refractivity contribution in [2.45, 2.75) is 48.2 Å². The van der Waals surface area contributed by atoms with Crippen LogP contribution in [0.5, 0.6) is 0 Å². The molecule has 3 atom stereocenters. The van der Waals surface area contributed by atoms with Crippen molar-refractivity contribution in [2.24, 2.45) is 0 Å². The van der Waals surface area contributed by atoms with Crippen LogP contribution in [0, 0.1) is 5.82 Å². The lowest BCUT2D eigenvalue weighted by Crippen LogP contribution is -2.50. The lowest BCUT2D eigenvalue weighted by atomic mass is 9.71. The fourth-order valence-electron chi connectivity index (χ4n) is 3.97. The molecule has 0 bridgehead atoms. The Labute approximate surface area is 197 Å². The predicted molar refractivity (Wildman–Crippen MR) is 113 cm³/mol. The van der Waals surface area contributed by atoms with Crippen LogP contribution in [0.15, 0.2) is 35.4 Å². The summed E-state index contributed by atoms with van der Waals surface area (Å²) in [7, 11) is -4.33. The Morgan fingerprint density at radius 3 is 2.59 bits per heavy atom. The maximum Gasteiger partial charge on any atom is 0.433 e. The highest BCUT2D eigenvalue weighted by atomic mass is 35.5. The van der Waals surface area contributed by atoms with E-state index in [1.54, 1.807) is 0 Å². The molecule has 2 aromatic rings. The fraction of sp³-hybridized carbons (Fsp3) is 0.429. The topological polar surface area (TPSA) is 96.4 Å². The molecule has 1 aliphatic carbocycles. The number of sulfone groups is 1. The van der Waals surface area contributed by atoms with Gasteiger partial charge in [0.2, 0.25) is 0 Å². The van der Waals surface area contributed by atoms with E-state index in [9.17, 15) is 40.3 Å². The van der Waals surface area contributed by atoms with E-state index in [2.05, 4.69) is 10.3 Å². The maximum absolute atomic E-state index is 14.2. The van der Waals surface area contributed by atoms with Crippen molar-refractivity contribution < 1.29 is 40.3 Å². The van der Waals surface area contributed by atoms with Gasteiger partial charge in [0.05, 0.1) is 16.2 Å². The molecule has 0 radical (unpaired) electrons. The number of rotatable bonds is 5. The van der Waals surface area contributed by atoms with Gasteiger partial charge in [-0.1, -0.05) is 23.7 Å². The number of carbonyl (C=O) groups is 1. The van der Waals surface area contributed by atoms with E-state index in [1.807, 2.05) is 0 Å². The van der Waals surface area contributed by atoms with Crippen LogP contribution < -0.4 is 5.32 Å². The third-order valence-electron chi connectivity index (χ3n) is 5.69. The molecule has 0 aliphatic heterocycles. The Morgan fingerprint density at radius 2 is 1.97 bits per heavy atom. The fourth-order valence-corrected chi connectivity index (χ4v) is 5.06. The van der Waals surface area contributed by atoms with E-state index in [-0.39, 0.29) is 29.8 Å². The van der Waals surface area contributed by atoms with Gasteiger partial charge in [0.1, 0.15) is 17.7 Å². The van der Waals surface area contributed by atoms with E-state index in [1.165, 1.54) is 12.1 Å². The largest absolute Gasteiger partial charge is 0.433 e. The van der Waals surface area contributed by atoms with Crippen LogP contribution in [0.3, 0.4) is 0 Å². The predicted octanol–water partition coefficient (Wildman–Crippen LogP) is 4.06. The number of pyridine rings is 1. The number of hydrogen-bond donors (Lipinski definition) is 2. The lowest BCUT2D eigenvalue weighted by molar-refractivity contribution is -0.141. The highest BCUT2D eigenvalue weighted by Crippen LogP contribution is 2.44. The third kappa shape index (κ3) is 5.49. The van der Waals surface area contributed by atoms with Crippen LogP contribution >= 0.6 is 11.6 Å². The van der Waals surface area contributed by atoms with Crippen LogP contribution in [0.25, 0.3) is 0 Å². The summed E-state index contributed by atoms with van der Waals surface area (Å²) in [5.41, 5.74) is -3.81. The molecule has 1 saturated carbocycles. The number of aromatic nitrogens is 1. The highest BCUT2D eigenvalue weighted by molar-refractivity contribution is 7.90. The van der Waals surface area contributed by atoms with Crippen LogP contribution in [-0.4, -0.2) is 49.0 Å². The molecule has 1 aromatic carbocycles. The summed E-state index contributed by atoms with van der Waals surface area (Å²) in [6.07, 6.45) is -6.08. The number of amides is 1. The SMILES string of the molecule is CS(=O)(=O)c1nc(C(F)(F)F)ccc1C(=O)NCC1(O)CCC(F)CC1c1cccc(F)c1Cl. The van der Waals surface area contributed by atoms with Gasteiger partial charge >= 0.3 is 6.18 Å². The zero-order chi connectivity index (χ0) is 25.5. The minimum atomic E-state index is -4.94. The molecule has 1 amide bonds. The first-order valence-electron chi connectivity index (χ1n) is 10.0. The summed E-state index contributed by atoms with van der Waals surface area (Å²) >= 11 is 6.02. The van der Waals surface area contributed by atoms with Gasteiger partial charge in [0.15, 0.2) is 14.9 Å². The molecule has 34 heavy (non-hydrogen) atoms. The molecule has 3 unspecified atom stereocenters. The Morgan fingerprint density at radius 1 is 1.29 bits per heavy atom. The zero-order valence-corrected chi connectivity index (χ0v) is 19.2. The second-order valence-corrected chi connectivity index (χ2v) is 10.5. The first kappa shape index (κ1) is 26.3. The standard InChI is InChI=1S/C21H20ClF5N2O4S/c1-34(32,33)19-13(5-6-16(29-19)21(25,26)27)18(30)28-10-20(31)8-7-11(23)9-14(20)12-3-2-4-15(24)17(12)22/h2-6,11,14,31H,7-10H2,1H3,(H,28,30). The molecule has 1 heterocycles. The maximum atomic E-state index is 14.2. The van der Waals surface area contributed by atoms with Crippen LogP contribution in [0.4, 0.5) is 22.0 Å². The number of aliphatic hydroxyl groups is 1. The van der Waals surface area contributed by atoms with E-state index in [0.29, 0.717) is 18.4 Å². The average molecular weight is 527 g/mol. The number of carbonyl (C=O) groups excluding carboxylic acids is 1. The van der Waals surface area contributed by atoms with Crippen molar-refractivity contribution in [2.75, 3.05) is 12.8 Å². The Hall–Kier alpha value is -2.31. The number of alkyl halides is 4. The Bertz CT molecular complexity index is 1210. The first-order chi connectivity index (χ1) is 15.6. The second-order valence-electron chi connectivity index (χ2n) is 8.17. The molecular formula is C21H20ClF5N2O4S. The van der Waals surface area contributed by atoms with E-state index in [0.717, 1.165) is 6.07 Å². The summed E-state index contributed by atoms with van der Waals surface area (Å²) < 4.78 is 91.0. The van der Waals surface area contributed by atoms with Gasteiger partial charge in [0, 0.05) is 18.7 Å². The second kappa shape index (κ2) is 9.38. The van der Waals surface area contributed by atoms with Gasteiger partial charge in [-0.15, -0.1) is 0 Å². The summed E-state index contributed by atoms with van der Waals surface area (Å²) in [6.45, 7) is -0.527. The van der Waals surface area contributed by atoms with Gasteiger partial charge < -0.3 is 10.4 Å². The Balaban J connectivity index is 1.91. The average Bonchev–Trinajstić information content (AvgIpc) is 2.74. The minimum Gasteiger partial charge on any atom is -0.387 e. The van der Waals surface area contributed by atoms with Crippen molar-refractivity contribution in [3.63, 3.8) is 0 Å². The van der Waals surface area contributed by atoms with Gasteiger partial charge in [-0.25, -0.2) is 22.2 Å². The third-order valence-corrected chi connectivity index (χ3v) is 7.10.